The Morgan fingerprint density at radius 2 is 2.11 bits per heavy atom. The van der Waals surface area contributed by atoms with Crippen LogP contribution in [0.1, 0.15) is 46.5 Å². The van der Waals surface area contributed by atoms with Crippen molar-refractivity contribution < 1.29 is 4.74 Å². The Labute approximate surface area is 171 Å². The van der Waals surface area contributed by atoms with E-state index in [9.17, 15) is 0 Å². The van der Waals surface area contributed by atoms with Crippen LogP contribution in [0.5, 0.6) is 5.88 Å². The maximum atomic E-state index is 6.46. The van der Waals surface area contributed by atoms with Crippen LogP contribution in [0.3, 0.4) is 0 Å². The lowest BCUT2D eigenvalue weighted by Crippen LogP contribution is -2.39. The van der Waals surface area contributed by atoms with Crippen LogP contribution in [0.2, 0.25) is 0 Å². The highest BCUT2D eigenvalue weighted by Gasteiger charge is 2.34. The molecule has 1 aliphatic carbocycles. The highest BCUT2D eigenvalue weighted by Crippen LogP contribution is 2.40. The highest BCUT2D eigenvalue weighted by molar-refractivity contribution is 7.99. The van der Waals surface area contributed by atoms with E-state index in [4.69, 9.17) is 9.72 Å². The quantitative estimate of drug-likeness (QED) is 0.406. The Kier molecular flexibility index (Phi) is 5.85. The number of ether oxygens (including phenoxy) is 1. The Balaban J connectivity index is 1.68. The number of unbranched alkanes of at least 4 members (excludes halogenated alkanes) is 1. The Hall–Kier alpha value is -2.08. The van der Waals surface area contributed by atoms with Crippen molar-refractivity contribution in [2.24, 2.45) is 11.8 Å². The zero-order valence-electron chi connectivity index (χ0n) is 16.8. The summed E-state index contributed by atoms with van der Waals surface area (Å²) in [6, 6.07) is 8.20. The second kappa shape index (κ2) is 8.52. The van der Waals surface area contributed by atoms with Crippen LogP contribution in [0.4, 0.5) is 5.69 Å². The molecule has 5 nitrogen and oxygen atoms in total. The smallest absolute Gasteiger partial charge is 0.247 e. The van der Waals surface area contributed by atoms with E-state index in [0.717, 1.165) is 48.4 Å². The van der Waals surface area contributed by atoms with Crippen LogP contribution in [0, 0.1) is 11.8 Å². The molecular formula is C22H28N4OS. The lowest BCUT2D eigenvalue weighted by molar-refractivity contribution is 0.114. The van der Waals surface area contributed by atoms with Crippen molar-refractivity contribution in [2.45, 2.75) is 57.8 Å². The topological polar surface area (TPSA) is 59.9 Å². The molecule has 1 N–H and O–H groups in total. The number of nitrogens with zero attached hydrogens (tertiary/aromatic N) is 3. The molecule has 0 saturated carbocycles. The average Bonchev–Trinajstić information content (AvgIpc) is 2.84. The fourth-order valence-corrected chi connectivity index (χ4v) is 4.83. The van der Waals surface area contributed by atoms with Gasteiger partial charge in [0.1, 0.15) is 0 Å². The van der Waals surface area contributed by atoms with Crippen LogP contribution in [-0.4, -0.2) is 27.2 Å². The van der Waals surface area contributed by atoms with Gasteiger partial charge in [-0.05, 0) is 38.2 Å². The van der Waals surface area contributed by atoms with Crippen LogP contribution >= 0.6 is 11.8 Å². The molecule has 0 spiro atoms. The number of anilines is 1. The van der Waals surface area contributed by atoms with E-state index in [1.807, 2.05) is 12.1 Å². The second-order valence-corrected chi connectivity index (χ2v) is 8.87. The number of rotatable bonds is 5. The number of hydrogen-bond donors (Lipinski definition) is 1. The zero-order chi connectivity index (χ0) is 19.5. The zero-order valence-corrected chi connectivity index (χ0v) is 17.6. The summed E-state index contributed by atoms with van der Waals surface area (Å²) < 4.78 is 6.46. The number of fused-ring (bicyclic) bond motifs is 3. The van der Waals surface area contributed by atoms with Gasteiger partial charge in [-0.25, -0.2) is 0 Å². The predicted molar refractivity (Wildman–Crippen MR) is 115 cm³/mol. The van der Waals surface area contributed by atoms with E-state index >= 15 is 0 Å². The number of hydrogen-bond acceptors (Lipinski definition) is 6. The number of nitrogens with one attached hydrogen (secondary N) is 1. The molecule has 0 saturated heterocycles. The van der Waals surface area contributed by atoms with Gasteiger partial charge >= 0.3 is 0 Å². The molecule has 0 fully saturated rings. The number of benzene rings is 1. The van der Waals surface area contributed by atoms with Crippen LogP contribution in [0.25, 0.3) is 11.3 Å². The van der Waals surface area contributed by atoms with Gasteiger partial charge in [0, 0.05) is 22.9 Å². The molecule has 1 aromatic carbocycles. The molecular weight excluding hydrogens is 368 g/mol. The summed E-state index contributed by atoms with van der Waals surface area (Å²) in [6.45, 7) is 6.72. The highest BCUT2D eigenvalue weighted by atomic mass is 32.2. The minimum Gasteiger partial charge on any atom is -0.452 e. The first-order valence-corrected chi connectivity index (χ1v) is 11.2. The third-order valence-electron chi connectivity index (χ3n) is 5.59. The van der Waals surface area contributed by atoms with Crippen molar-refractivity contribution in [2.75, 3.05) is 11.1 Å². The van der Waals surface area contributed by atoms with Gasteiger partial charge < -0.3 is 10.1 Å². The molecule has 1 aliphatic heterocycles. The summed E-state index contributed by atoms with van der Waals surface area (Å²) in [7, 11) is 0. The predicted octanol–water partition coefficient (Wildman–Crippen LogP) is 5.55. The minimum absolute atomic E-state index is 0.132. The maximum Gasteiger partial charge on any atom is 0.247 e. The third-order valence-corrected chi connectivity index (χ3v) is 6.51. The summed E-state index contributed by atoms with van der Waals surface area (Å²) in [6.07, 6.45) is 6.64. The SMILES string of the molecule is CCCCSc1nnc2c(n1)O[C@H]([C@H]1CC=C(C)C[C@@H]1C)Nc1ccccc1-2. The van der Waals surface area contributed by atoms with Gasteiger partial charge in [-0.3, -0.25) is 0 Å². The Morgan fingerprint density at radius 1 is 1.25 bits per heavy atom. The summed E-state index contributed by atoms with van der Waals surface area (Å²) in [5, 5.41) is 13.2. The molecule has 0 amide bonds. The van der Waals surface area contributed by atoms with Gasteiger partial charge in [0.05, 0.1) is 0 Å². The molecule has 2 heterocycles. The van der Waals surface area contributed by atoms with E-state index in [-0.39, 0.29) is 6.23 Å². The molecule has 0 bridgehead atoms. The van der Waals surface area contributed by atoms with Gasteiger partial charge in [-0.15, -0.1) is 10.2 Å². The summed E-state index contributed by atoms with van der Waals surface area (Å²) in [5.74, 6) is 2.52. The number of allylic oxidation sites excluding steroid dienone is 2. The van der Waals surface area contributed by atoms with Crippen molar-refractivity contribution in [1.29, 1.82) is 0 Å². The fraction of sp³-hybridized carbons (Fsp3) is 0.500. The van der Waals surface area contributed by atoms with E-state index < -0.39 is 0 Å². The first-order chi connectivity index (χ1) is 13.7. The fourth-order valence-electron chi connectivity index (χ4n) is 3.96. The molecule has 3 atom stereocenters. The lowest BCUT2D eigenvalue weighted by Gasteiger charge is -2.34. The molecule has 0 unspecified atom stereocenters. The maximum absolute atomic E-state index is 6.46. The monoisotopic (exact) mass is 396 g/mol. The average molecular weight is 397 g/mol. The minimum atomic E-state index is -0.132. The second-order valence-electron chi connectivity index (χ2n) is 7.81. The van der Waals surface area contributed by atoms with Gasteiger partial charge in [-0.2, -0.15) is 4.98 Å². The van der Waals surface area contributed by atoms with Crippen molar-refractivity contribution in [3.63, 3.8) is 0 Å². The molecule has 1 aromatic heterocycles. The standard InChI is InChI=1S/C22H28N4OS/c1-4-5-12-28-22-24-21-19(25-26-22)17-8-6-7-9-18(17)23-20(27-21)16-11-10-14(2)13-15(16)3/h6-10,15-16,20,23H,4-5,11-13H2,1-3H3/t15-,16-,20+/m0/s1. The number of aromatic nitrogens is 3. The van der Waals surface area contributed by atoms with E-state index in [2.05, 4.69) is 54.5 Å². The lowest BCUT2D eigenvalue weighted by atomic mass is 9.80. The first-order valence-electron chi connectivity index (χ1n) is 10.2. The number of para-hydroxylation sites is 1. The molecule has 4 rings (SSSR count). The molecule has 28 heavy (non-hydrogen) atoms. The van der Waals surface area contributed by atoms with E-state index in [1.54, 1.807) is 11.8 Å². The third kappa shape index (κ3) is 4.02. The summed E-state index contributed by atoms with van der Waals surface area (Å²) in [5.41, 5.74) is 4.23. The van der Waals surface area contributed by atoms with E-state index in [0.29, 0.717) is 22.9 Å². The largest absolute Gasteiger partial charge is 0.452 e. The van der Waals surface area contributed by atoms with Crippen molar-refractivity contribution >= 4 is 17.4 Å². The van der Waals surface area contributed by atoms with Crippen LogP contribution in [0.15, 0.2) is 41.1 Å². The van der Waals surface area contributed by atoms with Crippen LogP contribution in [-0.2, 0) is 0 Å². The first kappa shape index (κ1) is 19.2. The van der Waals surface area contributed by atoms with Gasteiger partial charge in [0.15, 0.2) is 11.9 Å². The van der Waals surface area contributed by atoms with Gasteiger partial charge in [0.2, 0.25) is 11.0 Å². The van der Waals surface area contributed by atoms with Crippen LogP contribution < -0.4 is 10.1 Å². The molecule has 6 heteroatoms. The molecule has 148 valence electrons. The van der Waals surface area contributed by atoms with Gasteiger partial charge in [-0.1, -0.05) is 61.9 Å². The van der Waals surface area contributed by atoms with Gasteiger partial charge in [0.25, 0.3) is 0 Å². The number of thioether (sulfide) groups is 1. The Morgan fingerprint density at radius 3 is 2.93 bits per heavy atom. The van der Waals surface area contributed by atoms with Crippen molar-refractivity contribution in [1.82, 2.24) is 15.2 Å². The Bertz CT molecular complexity index is 869. The normalized spacial score (nSPS) is 23.5. The molecule has 2 aromatic rings. The summed E-state index contributed by atoms with van der Waals surface area (Å²) >= 11 is 1.65. The van der Waals surface area contributed by atoms with E-state index in [1.165, 1.54) is 5.57 Å². The molecule has 2 aliphatic rings. The van der Waals surface area contributed by atoms with Crippen molar-refractivity contribution in [3.05, 3.63) is 35.9 Å². The summed E-state index contributed by atoms with van der Waals surface area (Å²) in [4.78, 5) is 4.74. The molecule has 0 radical (unpaired) electrons. The van der Waals surface area contributed by atoms with Crippen molar-refractivity contribution in [3.8, 4) is 17.1 Å².